The molecule has 0 amide bonds. The first-order chi connectivity index (χ1) is 6.17. The number of aliphatic carboxylic acids is 1. The lowest BCUT2D eigenvalue weighted by Gasteiger charge is -2.09. The van der Waals surface area contributed by atoms with Crippen LogP contribution >= 0.6 is 0 Å². The summed E-state index contributed by atoms with van der Waals surface area (Å²) in [4.78, 5) is 19.1. The topological polar surface area (TPSA) is 63.1 Å². The van der Waals surface area contributed by atoms with Gasteiger partial charge >= 0.3 is 5.97 Å². The first kappa shape index (κ1) is 8.16. The Balaban J connectivity index is 2.47. The highest BCUT2D eigenvalue weighted by Crippen LogP contribution is 2.48. The van der Waals surface area contributed by atoms with Gasteiger partial charge < -0.3 is 5.11 Å². The molecule has 1 aliphatic carbocycles. The fourth-order valence-electron chi connectivity index (χ4n) is 1.55. The van der Waals surface area contributed by atoms with Gasteiger partial charge in [-0.05, 0) is 19.8 Å². The SMILES string of the molecule is Cc1nccnc1C1(C(=O)O)CC1. The predicted molar refractivity (Wildman–Crippen MR) is 45.3 cm³/mol. The summed E-state index contributed by atoms with van der Waals surface area (Å²) < 4.78 is 0. The zero-order valence-electron chi connectivity index (χ0n) is 7.32. The largest absolute Gasteiger partial charge is 0.481 e. The number of hydrogen-bond acceptors (Lipinski definition) is 3. The lowest BCUT2D eigenvalue weighted by atomic mass is 10.0. The molecule has 1 heterocycles. The molecule has 0 radical (unpaired) electrons. The fraction of sp³-hybridized carbons (Fsp3) is 0.444. The molecular weight excluding hydrogens is 168 g/mol. The van der Waals surface area contributed by atoms with Crippen molar-refractivity contribution in [1.29, 1.82) is 0 Å². The molecule has 1 N–H and O–H groups in total. The quantitative estimate of drug-likeness (QED) is 0.730. The van der Waals surface area contributed by atoms with Gasteiger partial charge in [-0.25, -0.2) is 0 Å². The van der Waals surface area contributed by atoms with Crippen LogP contribution in [0.25, 0.3) is 0 Å². The Hall–Kier alpha value is -1.45. The predicted octanol–water partition coefficient (Wildman–Crippen LogP) is 0.901. The van der Waals surface area contributed by atoms with E-state index in [2.05, 4.69) is 9.97 Å². The molecule has 2 rings (SSSR count). The van der Waals surface area contributed by atoms with Crippen LogP contribution in [0.4, 0.5) is 0 Å². The van der Waals surface area contributed by atoms with Gasteiger partial charge in [-0.15, -0.1) is 0 Å². The minimum absolute atomic E-state index is 0.627. The second-order valence-corrected chi connectivity index (χ2v) is 3.38. The van der Waals surface area contributed by atoms with E-state index in [0.717, 1.165) is 5.69 Å². The van der Waals surface area contributed by atoms with Crippen molar-refractivity contribution in [3.8, 4) is 0 Å². The second kappa shape index (κ2) is 2.52. The number of carbonyl (C=O) groups is 1. The summed E-state index contributed by atoms with van der Waals surface area (Å²) >= 11 is 0. The van der Waals surface area contributed by atoms with Crippen molar-refractivity contribution in [2.45, 2.75) is 25.2 Å². The van der Waals surface area contributed by atoms with Crippen LogP contribution in [0.2, 0.25) is 0 Å². The Morgan fingerprint density at radius 3 is 2.54 bits per heavy atom. The van der Waals surface area contributed by atoms with Gasteiger partial charge in [0.15, 0.2) is 0 Å². The first-order valence-corrected chi connectivity index (χ1v) is 4.18. The van der Waals surface area contributed by atoms with Gasteiger partial charge in [0.2, 0.25) is 0 Å². The highest BCUT2D eigenvalue weighted by Gasteiger charge is 2.54. The monoisotopic (exact) mass is 178 g/mol. The van der Waals surface area contributed by atoms with E-state index in [1.165, 1.54) is 0 Å². The Kier molecular flexibility index (Phi) is 1.58. The van der Waals surface area contributed by atoms with Crippen molar-refractivity contribution in [2.75, 3.05) is 0 Å². The smallest absolute Gasteiger partial charge is 0.315 e. The second-order valence-electron chi connectivity index (χ2n) is 3.38. The molecule has 1 aliphatic rings. The van der Waals surface area contributed by atoms with E-state index in [1.807, 2.05) is 0 Å². The Bertz CT molecular complexity index is 358. The molecule has 0 saturated heterocycles. The van der Waals surface area contributed by atoms with Crippen molar-refractivity contribution in [3.05, 3.63) is 23.8 Å². The summed E-state index contributed by atoms with van der Waals surface area (Å²) in [5, 5.41) is 9.01. The minimum atomic E-state index is -0.781. The van der Waals surface area contributed by atoms with Crippen molar-refractivity contribution < 1.29 is 9.90 Å². The third-order valence-corrected chi connectivity index (χ3v) is 2.49. The van der Waals surface area contributed by atoms with Crippen LogP contribution in [0.15, 0.2) is 12.4 Å². The maximum absolute atomic E-state index is 11.0. The number of rotatable bonds is 2. The number of carboxylic acid groups (broad SMARTS) is 1. The average Bonchev–Trinajstić information content (AvgIpc) is 2.85. The molecule has 0 unspecified atom stereocenters. The molecule has 0 aromatic carbocycles. The number of aryl methyl sites for hydroxylation is 1. The Labute approximate surface area is 75.6 Å². The number of nitrogens with zero attached hydrogens (tertiary/aromatic N) is 2. The van der Waals surface area contributed by atoms with Crippen LogP contribution in [0.5, 0.6) is 0 Å². The van der Waals surface area contributed by atoms with Crippen LogP contribution < -0.4 is 0 Å². The summed E-state index contributed by atoms with van der Waals surface area (Å²) in [6, 6.07) is 0. The summed E-state index contributed by atoms with van der Waals surface area (Å²) in [6.45, 7) is 1.80. The zero-order valence-corrected chi connectivity index (χ0v) is 7.32. The van der Waals surface area contributed by atoms with Gasteiger partial charge in [0.05, 0.1) is 11.4 Å². The van der Waals surface area contributed by atoms with Gasteiger partial charge in [0.1, 0.15) is 5.41 Å². The summed E-state index contributed by atoms with van der Waals surface area (Å²) in [5.74, 6) is -0.781. The van der Waals surface area contributed by atoms with E-state index >= 15 is 0 Å². The lowest BCUT2D eigenvalue weighted by Crippen LogP contribution is -2.22. The summed E-state index contributed by atoms with van der Waals surface area (Å²) in [5.41, 5.74) is 0.628. The Morgan fingerprint density at radius 1 is 1.46 bits per heavy atom. The van der Waals surface area contributed by atoms with Gasteiger partial charge in [-0.2, -0.15) is 0 Å². The minimum Gasteiger partial charge on any atom is -0.481 e. The molecule has 0 bridgehead atoms. The van der Waals surface area contributed by atoms with E-state index in [9.17, 15) is 4.79 Å². The van der Waals surface area contributed by atoms with E-state index < -0.39 is 11.4 Å². The van der Waals surface area contributed by atoms with Gasteiger partial charge in [0, 0.05) is 12.4 Å². The van der Waals surface area contributed by atoms with Crippen molar-refractivity contribution in [3.63, 3.8) is 0 Å². The third kappa shape index (κ3) is 1.09. The molecule has 0 atom stereocenters. The summed E-state index contributed by atoms with van der Waals surface area (Å²) in [6.07, 6.45) is 4.49. The maximum atomic E-state index is 11.0. The molecule has 0 spiro atoms. The van der Waals surface area contributed by atoms with E-state index in [4.69, 9.17) is 5.11 Å². The third-order valence-electron chi connectivity index (χ3n) is 2.49. The average molecular weight is 178 g/mol. The van der Waals surface area contributed by atoms with Crippen LogP contribution in [0, 0.1) is 6.92 Å². The maximum Gasteiger partial charge on any atom is 0.315 e. The molecule has 1 aromatic rings. The molecule has 4 heteroatoms. The molecule has 13 heavy (non-hydrogen) atoms. The van der Waals surface area contributed by atoms with E-state index in [-0.39, 0.29) is 0 Å². The van der Waals surface area contributed by atoms with Crippen molar-refractivity contribution in [2.24, 2.45) is 0 Å². The molecule has 1 saturated carbocycles. The molecule has 4 nitrogen and oxygen atoms in total. The molecular formula is C9H10N2O2. The standard InChI is InChI=1S/C9H10N2O2/c1-6-7(11-5-4-10-6)9(2-3-9)8(12)13/h4-5H,2-3H2,1H3,(H,12,13). The number of carboxylic acids is 1. The lowest BCUT2D eigenvalue weighted by molar-refractivity contribution is -0.140. The van der Waals surface area contributed by atoms with Crippen molar-refractivity contribution >= 4 is 5.97 Å². The number of hydrogen-bond donors (Lipinski definition) is 1. The van der Waals surface area contributed by atoms with Gasteiger partial charge in [0.25, 0.3) is 0 Å². The molecule has 1 fully saturated rings. The fourth-order valence-corrected chi connectivity index (χ4v) is 1.55. The first-order valence-electron chi connectivity index (χ1n) is 4.18. The van der Waals surface area contributed by atoms with E-state index in [0.29, 0.717) is 18.5 Å². The van der Waals surface area contributed by atoms with Crippen LogP contribution in [0.3, 0.4) is 0 Å². The van der Waals surface area contributed by atoms with Crippen LogP contribution in [-0.4, -0.2) is 21.0 Å². The van der Waals surface area contributed by atoms with Gasteiger partial charge in [-0.3, -0.25) is 14.8 Å². The van der Waals surface area contributed by atoms with E-state index in [1.54, 1.807) is 19.3 Å². The molecule has 0 aliphatic heterocycles. The molecule has 1 aromatic heterocycles. The zero-order chi connectivity index (χ0) is 9.47. The molecule has 68 valence electrons. The van der Waals surface area contributed by atoms with Crippen LogP contribution in [-0.2, 0) is 10.2 Å². The highest BCUT2D eigenvalue weighted by molar-refractivity contribution is 5.84. The highest BCUT2D eigenvalue weighted by atomic mass is 16.4. The summed E-state index contributed by atoms with van der Waals surface area (Å²) in [7, 11) is 0. The van der Waals surface area contributed by atoms with Gasteiger partial charge in [-0.1, -0.05) is 0 Å². The van der Waals surface area contributed by atoms with Crippen molar-refractivity contribution in [1.82, 2.24) is 9.97 Å². The number of aromatic nitrogens is 2. The Morgan fingerprint density at radius 2 is 2.08 bits per heavy atom. The normalized spacial score (nSPS) is 18.2. The van der Waals surface area contributed by atoms with Crippen LogP contribution in [0.1, 0.15) is 24.2 Å².